The third-order valence-corrected chi connectivity index (χ3v) is 3.86. The number of anilines is 1. The summed E-state index contributed by atoms with van der Waals surface area (Å²) in [5.74, 6) is -1.82. The summed E-state index contributed by atoms with van der Waals surface area (Å²) < 4.78 is 9.77. The average Bonchev–Trinajstić information content (AvgIpc) is 2.56. The third kappa shape index (κ3) is 4.69. The lowest BCUT2D eigenvalue weighted by Crippen LogP contribution is -2.21. The normalized spacial score (nSPS) is 10.2. The lowest BCUT2D eigenvalue weighted by molar-refractivity contribution is -0.119. The molecule has 132 valence electrons. The van der Waals surface area contributed by atoms with Gasteiger partial charge in [0.1, 0.15) is 5.56 Å². The number of benzene rings is 2. The molecule has 0 unspecified atom stereocenters. The second-order valence-electron chi connectivity index (χ2n) is 4.73. The van der Waals surface area contributed by atoms with Gasteiger partial charge in [0.05, 0.1) is 22.8 Å². The summed E-state index contributed by atoms with van der Waals surface area (Å²) >= 11 is 17.7. The Labute approximate surface area is 158 Å². The van der Waals surface area contributed by atoms with Crippen LogP contribution in [0.4, 0.5) is 5.69 Å². The molecule has 9 heteroatoms. The molecular formula is C16H12Cl3NO5. The molecule has 2 N–H and O–H groups in total. The van der Waals surface area contributed by atoms with E-state index in [-0.39, 0.29) is 32.8 Å². The Balaban J connectivity index is 2.02. The van der Waals surface area contributed by atoms with Gasteiger partial charge < -0.3 is 19.9 Å². The first-order chi connectivity index (χ1) is 11.8. The van der Waals surface area contributed by atoms with E-state index < -0.39 is 18.5 Å². The molecule has 0 fully saturated rings. The fourth-order valence-electron chi connectivity index (χ4n) is 1.90. The van der Waals surface area contributed by atoms with Gasteiger partial charge in [-0.05, 0) is 24.3 Å². The molecule has 1 amide bonds. The standard InChI is InChI=1S/C16H12Cl3NO5/c1-24-12-4-2-3-9(15(12)22)16(23)25-7-13(21)20-14-10(18)5-8(17)6-11(14)19/h2-6,22H,7H2,1H3,(H,20,21). The van der Waals surface area contributed by atoms with E-state index in [0.29, 0.717) is 5.02 Å². The first-order valence-corrected chi connectivity index (χ1v) is 7.94. The van der Waals surface area contributed by atoms with Gasteiger partial charge in [0, 0.05) is 5.02 Å². The van der Waals surface area contributed by atoms with E-state index in [9.17, 15) is 14.7 Å². The highest BCUT2D eigenvalue weighted by Crippen LogP contribution is 2.33. The highest BCUT2D eigenvalue weighted by Gasteiger charge is 2.18. The Morgan fingerprint density at radius 2 is 1.80 bits per heavy atom. The van der Waals surface area contributed by atoms with E-state index in [1.54, 1.807) is 0 Å². The van der Waals surface area contributed by atoms with Crippen LogP contribution in [-0.2, 0) is 9.53 Å². The number of hydrogen-bond donors (Lipinski definition) is 2. The fraction of sp³-hybridized carbons (Fsp3) is 0.125. The van der Waals surface area contributed by atoms with Crippen molar-refractivity contribution in [2.45, 2.75) is 0 Å². The second kappa shape index (κ2) is 8.29. The molecule has 0 aliphatic carbocycles. The molecule has 0 radical (unpaired) electrons. The first-order valence-electron chi connectivity index (χ1n) is 6.81. The molecule has 0 aliphatic rings. The summed E-state index contributed by atoms with van der Waals surface area (Å²) in [5, 5.41) is 12.9. The SMILES string of the molecule is COc1cccc(C(=O)OCC(=O)Nc2c(Cl)cc(Cl)cc2Cl)c1O. The molecule has 6 nitrogen and oxygen atoms in total. The van der Waals surface area contributed by atoms with Crippen LogP contribution in [-0.4, -0.2) is 30.7 Å². The third-order valence-electron chi connectivity index (χ3n) is 3.04. The van der Waals surface area contributed by atoms with E-state index >= 15 is 0 Å². The van der Waals surface area contributed by atoms with Crippen LogP contribution in [0.5, 0.6) is 11.5 Å². The molecule has 25 heavy (non-hydrogen) atoms. The van der Waals surface area contributed by atoms with Crippen LogP contribution in [0.15, 0.2) is 30.3 Å². The molecule has 0 bridgehead atoms. The van der Waals surface area contributed by atoms with Gasteiger partial charge in [-0.2, -0.15) is 0 Å². The number of halogens is 3. The van der Waals surface area contributed by atoms with Crippen LogP contribution < -0.4 is 10.1 Å². The van der Waals surface area contributed by atoms with Crippen LogP contribution >= 0.6 is 34.8 Å². The van der Waals surface area contributed by atoms with Crippen molar-refractivity contribution in [2.24, 2.45) is 0 Å². The van der Waals surface area contributed by atoms with Gasteiger partial charge in [-0.15, -0.1) is 0 Å². The van der Waals surface area contributed by atoms with Crippen LogP contribution in [0.3, 0.4) is 0 Å². The summed E-state index contributed by atoms with van der Waals surface area (Å²) in [6.07, 6.45) is 0. The zero-order chi connectivity index (χ0) is 18.6. The first kappa shape index (κ1) is 19.2. The summed E-state index contributed by atoms with van der Waals surface area (Å²) in [6, 6.07) is 7.13. The van der Waals surface area contributed by atoms with Crippen molar-refractivity contribution in [3.63, 3.8) is 0 Å². The number of amides is 1. The molecule has 0 saturated heterocycles. The van der Waals surface area contributed by atoms with Gasteiger partial charge in [-0.25, -0.2) is 4.79 Å². The number of para-hydroxylation sites is 1. The predicted molar refractivity (Wildman–Crippen MR) is 95.0 cm³/mol. The number of methoxy groups -OCH3 is 1. The summed E-state index contributed by atoms with van der Waals surface area (Å²) in [5.41, 5.74) is 0.0210. The Morgan fingerprint density at radius 3 is 2.40 bits per heavy atom. The zero-order valence-electron chi connectivity index (χ0n) is 12.8. The van der Waals surface area contributed by atoms with Crippen LogP contribution in [0.25, 0.3) is 0 Å². The van der Waals surface area contributed by atoms with Crippen LogP contribution in [0.2, 0.25) is 15.1 Å². The molecule has 2 aromatic carbocycles. The van der Waals surface area contributed by atoms with Gasteiger partial charge >= 0.3 is 5.97 Å². The van der Waals surface area contributed by atoms with Crippen molar-refractivity contribution in [3.05, 3.63) is 51.0 Å². The summed E-state index contributed by atoms with van der Waals surface area (Å²) in [6.45, 7) is -0.606. The molecule has 0 saturated carbocycles. The molecule has 0 spiro atoms. The van der Waals surface area contributed by atoms with E-state index in [4.69, 9.17) is 44.3 Å². The minimum absolute atomic E-state index is 0.110. The van der Waals surface area contributed by atoms with E-state index in [1.165, 1.54) is 37.4 Å². The highest BCUT2D eigenvalue weighted by atomic mass is 35.5. The van der Waals surface area contributed by atoms with E-state index in [2.05, 4.69) is 5.32 Å². The van der Waals surface area contributed by atoms with Gasteiger partial charge in [0.15, 0.2) is 18.1 Å². The largest absolute Gasteiger partial charge is 0.504 e. The van der Waals surface area contributed by atoms with Gasteiger partial charge in [0.25, 0.3) is 5.91 Å². The van der Waals surface area contributed by atoms with Crippen molar-refractivity contribution in [1.82, 2.24) is 0 Å². The minimum Gasteiger partial charge on any atom is -0.504 e. The number of esters is 1. The Bertz CT molecular complexity index is 802. The van der Waals surface area contributed by atoms with Crippen molar-refractivity contribution in [2.75, 3.05) is 19.0 Å². The zero-order valence-corrected chi connectivity index (χ0v) is 15.1. The van der Waals surface area contributed by atoms with Gasteiger partial charge in [-0.1, -0.05) is 40.9 Å². The van der Waals surface area contributed by atoms with Crippen molar-refractivity contribution in [1.29, 1.82) is 0 Å². The number of rotatable bonds is 5. The average molecular weight is 405 g/mol. The smallest absolute Gasteiger partial charge is 0.342 e. The molecule has 0 heterocycles. The van der Waals surface area contributed by atoms with E-state index in [0.717, 1.165) is 0 Å². The number of hydrogen-bond acceptors (Lipinski definition) is 5. The lowest BCUT2D eigenvalue weighted by Gasteiger charge is -2.11. The molecule has 0 aliphatic heterocycles. The minimum atomic E-state index is -0.889. The molecule has 2 rings (SSSR count). The molecular weight excluding hydrogens is 393 g/mol. The number of ether oxygens (including phenoxy) is 2. The summed E-state index contributed by atoms with van der Waals surface area (Å²) in [7, 11) is 1.34. The maximum Gasteiger partial charge on any atom is 0.342 e. The number of nitrogens with one attached hydrogen (secondary N) is 1. The fourth-order valence-corrected chi connectivity index (χ4v) is 2.81. The Hall–Kier alpha value is -2.15. The number of phenolic OH excluding ortho intramolecular Hbond substituents is 1. The number of carbonyl (C=O) groups excluding carboxylic acids is 2. The van der Waals surface area contributed by atoms with Crippen molar-refractivity contribution in [3.8, 4) is 11.5 Å². The van der Waals surface area contributed by atoms with Crippen LogP contribution in [0.1, 0.15) is 10.4 Å². The monoisotopic (exact) mass is 403 g/mol. The van der Waals surface area contributed by atoms with Crippen molar-refractivity contribution >= 4 is 52.4 Å². The predicted octanol–water partition coefficient (Wildman–Crippen LogP) is 4.16. The van der Waals surface area contributed by atoms with Crippen LogP contribution in [0, 0.1) is 0 Å². The van der Waals surface area contributed by atoms with Gasteiger partial charge in [0.2, 0.25) is 0 Å². The number of phenols is 1. The Morgan fingerprint density at radius 1 is 1.16 bits per heavy atom. The summed E-state index contributed by atoms with van der Waals surface area (Å²) in [4.78, 5) is 23.9. The van der Waals surface area contributed by atoms with Gasteiger partial charge in [-0.3, -0.25) is 4.79 Å². The highest BCUT2D eigenvalue weighted by molar-refractivity contribution is 6.42. The van der Waals surface area contributed by atoms with Crippen molar-refractivity contribution < 1.29 is 24.2 Å². The Kier molecular flexibility index (Phi) is 6.36. The quantitative estimate of drug-likeness (QED) is 0.731. The molecule has 2 aromatic rings. The topological polar surface area (TPSA) is 84.9 Å². The second-order valence-corrected chi connectivity index (χ2v) is 5.98. The molecule has 0 aromatic heterocycles. The number of carbonyl (C=O) groups is 2. The van der Waals surface area contributed by atoms with E-state index in [1.807, 2.05) is 0 Å². The maximum atomic E-state index is 12.0. The number of aromatic hydroxyl groups is 1. The maximum absolute atomic E-state index is 12.0. The molecule has 0 atom stereocenters. The lowest BCUT2D eigenvalue weighted by atomic mass is 10.2.